The highest BCUT2D eigenvalue weighted by Gasteiger charge is 2.10. The number of oxazole rings is 1. The quantitative estimate of drug-likeness (QED) is 0.867. The average Bonchev–Trinajstić information content (AvgIpc) is 2.56. The van der Waals surface area contributed by atoms with Crippen molar-refractivity contribution >= 4 is 38.4 Å². The van der Waals surface area contributed by atoms with Crippen molar-refractivity contribution in [2.45, 2.75) is 6.92 Å². The Hall–Kier alpha value is -1.27. The van der Waals surface area contributed by atoms with Gasteiger partial charge in [0, 0.05) is 12.8 Å². The Morgan fingerprint density at radius 3 is 2.94 bits per heavy atom. The molecule has 2 rings (SSSR count). The van der Waals surface area contributed by atoms with Crippen LogP contribution < -0.4 is 4.72 Å². The first-order chi connectivity index (χ1) is 8.00. The molecular weight excluding hydrogens is 264 g/mol. The number of benzene rings is 1. The van der Waals surface area contributed by atoms with E-state index in [1.54, 1.807) is 25.1 Å². The van der Waals surface area contributed by atoms with Crippen LogP contribution >= 0.6 is 11.6 Å². The van der Waals surface area contributed by atoms with Gasteiger partial charge in [0.2, 0.25) is 10.0 Å². The monoisotopic (exact) mass is 274 g/mol. The molecule has 0 spiro atoms. The number of hydrogen-bond acceptors (Lipinski definition) is 4. The van der Waals surface area contributed by atoms with Gasteiger partial charge in [-0.15, -0.1) is 11.6 Å². The van der Waals surface area contributed by atoms with E-state index in [0.717, 1.165) is 0 Å². The third-order valence-corrected chi connectivity index (χ3v) is 3.82. The first-order valence-electron chi connectivity index (χ1n) is 4.94. The van der Waals surface area contributed by atoms with Crippen LogP contribution in [0.5, 0.6) is 0 Å². The van der Waals surface area contributed by atoms with E-state index in [1.165, 1.54) is 0 Å². The van der Waals surface area contributed by atoms with Gasteiger partial charge in [0.25, 0.3) is 0 Å². The summed E-state index contributed by atoms with van der Waals surface area (Å²) in [5, 5.41) is 0. The zero-order chi connectivity index (χ0) is 12.5. The van der Waals surface area contributed by atoms with Crippen molar-refractivity contribution in [1.82, 2.24) is 4.98 Å². The number of alkyl halides is 1. The minimum absolute atomic E-state index is 0.0562. The van der Waals surface area contributed by atoms with Crippen LogP contribution in [0.3, 0.4) is 0 Å². The summed E-state index contributed by atoms with van der Waals surface area (Å²) in [6.45, 7) is 1.73. The molecule has 5 nitrogen and oxygen atoms in total. The summed E-state index contributed by atoms with van der Waals surface area (Å²) in [5.41, 5.74) is 1.70. The van der Waals surface area contributed by atoms with Crippen LogP contribution in [0.25, 0.3) is 11.1 Å². The van der Waals surface area contributed by atoms with Gasteiger partial charge in [0.1, 0.15) is 5.52 Å². The highest BCUT2D eigenvalue weighted by Crippen LogP contribution is 2.20. The number of hydrogen-bond donors (Lipinski definition) is 1. The van der Waals surface area contributed by atoms with Crippen LogP contribution in [0.15, 0.2) is 22.6 Å². The number of aryl methyl sites for hydroxylation is 1. The molecule has 0 aliphatic rings. The Bertz CT molecular complexity index is 636. The molecule has 2 aromatic rings. The fraction of sp³-hybridized carbons (Fsp3) is 0.300. The van der Waals surface area contributed by atoms with Gasteiger partial charge in [-0.3, -0.25) is 4.72 Å². The molecule has 1 heterocycles. The van der Waals surface area contributed by atoms with E-state index in [-0.39, 0.29) is 11.6 Å². The molecule has 1 aromatic heterocycles. The van der Waals surface area contributed by atoms with Crippen LogP contribution in [0.4, 0.5) is 5.69 Å². The second-order valence-electron chi connectivity index (χ2n) is 3.53. The van der Waals surface area contributed by atoms with E-state index in [0.29, 0.717) is 22.7 Å². The third kappa shape index (κ3) is 2.89. The van der Waals surface area contributed by atoms with Crippen LogP contribution in [0.1, 0.15) is 5.89 Å². The maximum Gasteiger partial charge on any atom is 0.233 e. The molecule has 0 unspecified atom stereocenters. The summed E-state index contributed by atoms with van der Waals surface area (Å²) >= 11 is 5.40. The summed E-state index contributed by atoms with van der Waals surface area (Å²) in [6.07, 6.45) is 0. The van der Waals surface area contributed by atoms with Gasteiger partial charge >= 0.3 is 0 Å². The van der Waals surface area contributed by atoms with E-state index in [9.17, 15) is 8.42 Å². The number of anilines is 1. The molecule has 0 aliphatic carbocycles. The molecule has 0 fully saturated rings. The Morgan fingerprint density at radius 1 is 1.47 bits per heavy atom. The lowest BCUT2D eigenvalue weighted by Crippen LogP contribution is -2.17. The largest absolute Gasteiger partial charge is 0.441 e. The predicted molar refractivity (Wildman–Crippen MR) is 66.9 cm³/mol. The lowest BCUT2D eigenvalue weighted by Gasteiger charge is -2.05. The molecule has 0 aliphatic heterocycles. The van der Waals surface area contributed by atoms with Gasteiger partial charge in [0.05, 0.1) is 11.4 Å². The molecule has 17 heavy (non-hydrogen) atoms. The number of sulfonamides is 1. The Labute approximate surface area is 104 Å². The third-order valence-electron chi connectivity index (χ3n) is 2.11. The number of nitrogens with one attached hydrogen (secondary N) is 1. The van der Waals surface area contributed by atoms with Gasteiger partial charge in [-0.2, -0.15) is 0 Å². The Balaban J connectivity index is 2.31. The lowest BCUT2D eigenvalue weighted by molar-refractivity contribution is 0.561. The summed E-state index contributed by atoms with van der Waals surface area (Å²) in [7, 11) is -3.39. The van der Waals surface area contributed by atoms with Crippen LogP contribution in [-0.4, -0.2) is 25.0 Å². The van der Waals surface area contributed by atoms with Crippen LogP contribution in [0.2, 0.25) is 0 Å². The topological polar surface area (TPSA) is 72.2 Å². The number of aromatic nitrogens is 1. The summed E-state index contributed by atoms with van der Waals surface area (Å²) in [6, 6.07) is 4.92. The molecule has 0 atom stereocenters. The smallest absolute Gasteiger partial charge is 0.233 e. The summed E-state index contributed by atoms with van der Waals surface area (Å²) in [4.78, 5) is 4.12. The van der Waals surface area contributed by atoms with Crippen molar-refractivity contribution in [3.8, 4) is 0 Å². The molecule has 0 radical (unpaired) electrons. The molecule has 92 valence electrons. The van der Waals surface area contributed by atoms with Gasteiger partial charge < -0.3 is 4.42 Å². The highest BCUT2D eigenvalue weighted by molar-refractivity contribution is 7.92. The Morgan fingerprint density at radius 2 is 2.24 bits per heavy atom. The maximum absolute atomic E-state index is 11.5. The zero-order valence-corrected chi connectivity index (χ0v) is 10.7. The van der Waals surface area contributed by atoms with Crippen molar-refractivity contribution in [1.29, 1.82) is 0 Å². The van der Waals surface area contributed by atoms with E-state index in [4.69, 9.17) is 16.0 Å². The minimum atomic E-state index is -3.39. The van der Waals surface area contributed by atoms with Crippen molar-refractivity contribution in [2.75, 3.05) is 16.4 Å². The second kappa shape index (κ2) is 4.54. The fourth-order valence-corrected chi connectivity index (χ4v) is 2.84. The van der Waals surface area contributed by atoms with Gasteiger partial charge in [-0.25, -0.2) is 13.4 Å². The van der Waals surface area contributed by atoms with Gasteiger partial charge in [-0.05, 0) is 18.2 Å². The highest BCUT2D eigenvalue weighted by atomic mass is 35.5. The number of rotatable bonds is 4. The van der Waals surface area contributed by atoms with E-state index in [1.807, 2.05) is 0 Å². The van der Waals surface area contributed by atoms with Crippen LogP contribution in [0, 0.1) is 6.92 Å². The molecule has 0 saturated carbocycles. The van der Waals surface area contributed by atoms with E-state index < -0.39 is 10.0 Å². The normalized spacial score (nSPS) is 11.9. The summed E-state index contributed by atoms with van der Waals surface area (Å²) in [5.74, 6) is 0.478. The molecular formula is C10H11ClN2O3S. The van der Waals surface area contributed by atoms with E-state index in [2.05, 4.69) is 9.71 Å². The number of halogens is 1. The number of fused-ring (bicyclic) bond motifs is 1. The molecule has 0 bridgehead atoms. The SMILES string of the molecule is Cc1nc2cc(NS(=O)(=O)CCCl)ccc2o1. The molecule has 0 amide bonds. The zero-order valence-electron chi connectivity index (χ0n) is 9.10. The summed E-state index contributed by atoms with van der Waals surface area (Å²) < 4.78 is 30.7. The van der Waals surface area contributed by atoms with Crippen molar-refractivity contribution < 1.29 is 12.8 Å². The van der Waals surface area contributed by atoms with Crippen LogP contribution in [-0.2, 0) is 10.0 Å². The molecule has 0 saturated heterocycles. The Kier molecular flexibility index (Phi) is 3.26. The second-order valence-corrected chi connectivity index (χ2v) is 5.75. The number of nitrogens with zero attached hydrogens (tertiary/aromatic N) is 1. The first kappa shape index (κ1) is 12.2. The van der Waals surface area contributed by atoms with Gasteiger partial charge in [0.15, 0.2) is 11.5 Å². The predicted octanol–water partition coefficient (Wildman–Crippen LogP) is 2.12. The average molecular weight is 275 g/mol. The fourth-order valence-electron chi connectivity index (χ4n) is 1.44. The minimum Gasteiger partial charge on any atom is -0.441 e. The standard InChI is InChI=1S/C10H11ClN2O3S/c1-7-12-9-6-8(2-3-10(9)16-7)13-17(14,15)5-4-11/h2-3,6,13H,4-5H2,1H3. The molecule has 1 aromatic carbocycles. The van der Waals surface area contributed by atoms with Gasteiger partial charge in [-0.1, -0.05) is 0 Å². The maximum atomic E-state index is 11.5. The van der Waals surface area contributed by atoms with Crippen molar-refractivity contribution in [3.05, 3.63) is 24.1 Å². The molecule has 7 heteroatoms. The lowest BCUT2D eigenvalue weighted by atomic mass is 10.3. The van der Waals surface area contributed by atoms with E-state index >= 15 is 0 Å². The van der Waals surface area contributed by atoms with Crippen molar-refractivity contribution in [2.24, 2.45) is 0 Å². The first-order valence-corrected chi connectivity index (χ1v) is 7.12. The molecule has 1 N–H and O–H groups in total. The van der Waals surface area contributed by atoms with Crippen molar-refractivity contribution in [3.63, 3.8) is 0 Å².